The second kappa shape index (κ2) is 12.0. The SMILES string of the molecule is CC[C@]12c3c4ccc(O)c3O[C@H]1C(OC(=O)C[C@H](CC(C)=O)C(=O)O[C@@H](C)C(=O)N[C@@H](C)C(=O)O)=CC[C@@]2(O)[C@H](NC)C4. The van der Waals surface area contributed by atoms with Gasteiger partial charge in [-0.2, -0.15) is 0 Å². The molecule has 5 N–H and O–H groups in total. The van der Waals surface area contributed by atoms with Gasteiger partial charge < -0.3 is 45.0 Å². The number of phenols is 1. The van der Waals surface area contributed by atoms with Crippen LogP contribution in [0, 0.1) is 5.92 Å². The highest BCUT2D eigenvalue weighted by Crippen LogP contribution is 2.63. The van der Waals surface area contributed by atoms with Gasteiger partial charge >= 0.3 is 17.9 Å². The number of amides is 1. The van der Waals surface area contributed by atoms with Crippen molar-refractivity contribution in [2.75, 3.05) is 7.05 Å². The normalized spacial score (nSPS) is 27.0. The van der Waals surface area contributed by atoms with Gasteiger partial charge in [0.15, 0.2) is 23.7 Å². The molecule has 1 aliphatic heterocycles. The van der Waals surface area contributed by atoms with Gasteiger partial charge in [-0.15, -0.1) is 0 Å². The third-order valence-corrected chi connectivity index (χ3v) is 8.81. The van der Waals surface area contributed by atoms with Crippen LogP contribution in [0.15, 0.2) is 24.0 Å². The number of hydrogen-bond donors (Lipinski definition) is 5. The van der Waals surface area contributed by atoms with E-state index in [0.29, 0.717) is 18.4 Å². The van der Waals surface area contributed by atoms with Crippen LogP contribution >= 0.6 is 0 Å². The number of nitrogens with one attached hydrogen (secondary N) is 2. The van der Waals surface area contributed by atoms with E-state index in [1.54, 1.807) is 19.2 Å². The number of esters is 2. The number of benzene rings is 1. The number of carbonyl (C=O) groups is 5. The summed E-state index contributed by atoms with van der Waals surface area (Å²) in [5, 5.41) is 37.2. The first kappa shape index (κ1) is 32.0. The largest absolute Gasteiger partial charge is 0.504 e. The number of carboxylic acid groups (broad SMARTS) is 1. The number of ether oxygens (including phenoxy) is 3. The molecule has 3 aliphatic rings. The molecule has 43 heavy (non-hydrogen) atoms. The Hall–Kier alpha value is -3.97. The van der Waals surface area contributed by atoms with E-state index in [2.05, 4.69) is 10.6 Å². The topological polar surface area (TPSA) is 198 Å². The molecule has 1 aromatic carbocycles. The lowest BCUT2D eigenvalue weighted by Gasteiger charge is -2.56. The zero-order valence-electron chi connectivity index (χ0n) is 24.8. The minimum atomic E-state index is -1.39. The summed E-state index contributed by atoms with van der Waals surface area (Å²) >= 11 is 0. The molecular weight excluding hydrogens is 564 g/mol. The third kappa shape index (κ3) is 5.47. The number of likely N-dealkylation sites (N-methyl/N-ethyl adjacent to an activating group) is 1. The molecule has 1 amide bonds. The zero-order valence-corrected chi connectivity index (χ0v) is 24.8. The molecule has 0 aromatic heterocycles. The molecule has 4 rings (SSSR count). The lowest BCUT2D eigenvalue weighted by molar-refractivity contribution is -0.163. The first-order chi connectivity index (χ1) is 20.2. The standard InChI is InChI=1S/C30H38N2O11/c1-6-29-23-17-7-8-19(34)24(23)43-25(29)20(9-10-30(29,40)21(12-17)31-5)42-22(35)13-18(11-14(2)33)28(39)41-16(4)26(36)32-15(3)27(37)38/h7-9,15-16,18,21,25,31,34,40H,6,10-13H2,1-5H3,(H,32,36)(H,37,38)/t15-,16-,18-,21+,25-,29-,30+/m0/s1. The molecule has 2 aliphatic carbocycles. The summed E-state index contributed by atoms with van der Waals surface area (Å²) in [6.07, 6.45) is -0.696. The zero-order chi connectivity index (χ0) is 31.9. The van der Waals surface area contributed by atoms with E-state index in [4.69, 9.17) is 19.3 Å². The number of rotatable bonds is 12. The quantitative estimate of drug-likeness (QED) is 0.213. The predicted octanol–water partition coefficient (Wildman–Crippen LogP) is 1.01. The van der Waals surface area contributed by atoms with Crippen LogP contribution in [0.4, 0.5) is 0 Å². The number of ketones is 1. The Labute approximate surface area is 248 Å². The summed E-state index contributed by atoms with van der Waals surface area (Å²) in [7, 11) is 1.76. The number of carboxylic acids is 1. The van der Waals surface area contributed by atoms with E-state index in [0.717, 1.165) is 5.56 Å². The maximum atomic E-state index is 13.2. The number of aliphatic carboxylic acids is 1. The number of aromatic hydroxyl groups is 1. The van der Waals surface area contributed by atoms with Crippen LogP contribution in [0.2, 0.25) is 0 Å². The number of phenolic OH excluding ortho intramolecular Hbond substituents is 1. The average molecular weight is 603 g/mol. The van der Waals surface area contributed by atoms with Gasteiger partial charge in [-0.25, -0.2) is 0 Å². The molecule has 0 spiro atoms. The van der Waals surface area contributed by atoms with Crippen LogP contribution < -0.4 is 15.4 Å². The Bertz CT molecular complexity index is 1370. The van der Waals surface area contributed by atoms with Crippen molar-refractivity contribution in [1.82, 2.24) is 10.6 Å². The average Bonchev–Trinajstić information content (AvgIpc) is 3.32. The summed E-state index contributed by atoms with van der Waals surface area (Å²) in [4.78, 5) is 61.4. The van der Waals surface area contributed by atoms with Crippen LogP contribution in [0.3, 0.4) is 0 Å². The molecule has 0 unspecified atom stereocenters. The van der Waals surface area contributed by atoms with E-state index >= 15 is 0 Å². The third-order valence-electron chi connectivity index (χ3n) is 8.81. The molecule has 1 aromatic rings. The molecule has 13 nitrogen and oxygen atoms in total. The van der Waals surface area contributed by atoms with Crippen molar-refractivity contribution in [2.24, 2.45) is 5.92 Å². The highest BCUT2D eigenvalue weighted by atomic mass is 16.6. The molecule has 1 heterocycles. The summed E-state index contributed by atoms with van der Waals surface area (Å²) in [6.45, 7) is 5.61. The Kier molecular flexibility index (Phi) is 8.89. The number of hydrogen-bond acceptors (Lipinski definition) is 11. The van der Waals surface area contributed by atoms with Crippen molar-refractivity contribution in [1.29, 1.82) is 0 Å². The monoisotopic (exact) mass is 602 g/mol. The number of carbonyl (C=O) groups excluding carboxylic acids is 4. The second-order valence-electron chi connectivity index (χ2n) is 11.5. The van der Waals surface area contributed by atoms with Crippen molar-refractivity contribution < 1.29 is 53.5 Å². The van der Waals surface area contributed by atoms with Crippen molar-refractivity contribution in [2.45, 2.75) is 95.1 Å². The van der Waals surface area contributed by atoms with Crippen LogP contribution in [0.25, 0.3) is 0 Å². The first-order valence-electron chi connectivity index (χ1n) is 14.3. The highest BCUT2D eigenvalue weighted by molar-refractivity contribution is 5.90. The fourth-order valence-electron chi connectivity index (χ4n) is 6.65. The summed E-state index contributed by atoms with van der Waals surface area (Å²) in [6, 6.07) is 1.75. The fraction of sp³-hybridized carbons (Fsp3) is 0.567. The minimum Gasteiger partial charge on any atom is -0.504 e. The van der Waals surface area contributed by atoms with Gasteiger partial charge in [-0.3, -0.25) is 19.2 Å². The van der Waals surface area contributed by atoms with Gasteiger partial charge in [0.1, 0.15) is 17.6 Å². The minimum absolute atomic E-state index is 0.0999. The van der Waals surface area contributed by atoms with E-state index in [1.807, 2.05) is 6.92 Å². The van der Waals surface area contributed by atoms with Gasteiger partial charge in [-0.1, -0.05) is 13.0 Å². The Morgan fingerprint density at radius 2 is 1.86 bits per heavy atom. The van der Waals surface area contributed by atoms with E-state index in [1.165, 1.54) is 26.8 Å². The van der Waals surface area contributed by atoms with E-state index in [9.17, 15) is 34.2 Å². The predicted molar refractivity (Wildman–Crippen MR) is 149 cm³/mol. The maximum Gasteiger partial charge on any atom is 0.325 e. The Morgan fingerprint density at radius 1 is 1.16 bits per heavy atom. The van der Waals surface area contributed by atoms with Crippen LogP contribution in [0.1, 0.15) is 64.5 Å². The lowest BCUT2D eigenvalue weighted by atomic mass is 9.52. The molecule has 0 saturated carbocycles. The van der Waals surface area contributed by atoms with E-state index in [-0.39, 0.29) is 36.1 Å². The number of Topliss-reactive ketones (excluding diaryl/α,β-unsaturated/α-hetero) is 1. The highest BCUT2D eigenvalue weighted by Gasteiger charge is 2.69. The second-order valence-corrected chi connectivity index (χ2v) is 11.5. The van der Waals surface area contributed by atoms with Gasteiger partial charge in [-0.05, 0) is 58.4 Å². The smallest absolute Gasteiger partial charge is 0.325 e. The van der Waals surface area contributed by atoms with Crippen LogP contribution in [-0.2, 0) is 45.3 Å². The molecule has 13 heteroatoms. The Morgan fingerprint density at radius 3 is 2.47 bits per heavy atom. The molecular formula is C30H38N2O11. The molecule has 0 saturated heterocycles. The number of aliphatic hydroxyl groups is 1. The summed E-state index contributed by atoms with van der Waals surface area (Å²) in [5.41, 5.74) is -0.814. The fourth-order valence-corrected chi connectivity index (χ4v) is 6.65. The Balaban J connectivity index is 1.55. The summed E-state index contributed by atoms with van der Waals surface area (Å²) in [5.74, 6) is -5.45. The molecule has 0 bridgehead atoms. The van der Waals surface area contributed by atoms with Gasteiger partial charge in [0.05, 0.1) is 23.4 Å². The van der Waals surface area contributed by atoms with E-state index < -0.39 is 71.2 Å². The van der Waals surface area contributed by atoms with Gasteiger partial charge in [0.2, 0.25) is 0 Å². The van der Waals surface area contributed by atoms with Crippen molar-refractivity contribution in [3.05, 3.63) is 35.1 Å². The molecule has 7 atom stereocenters. The van der Waals surface area contributed by atoms with Gasteiger partial charge in [0, 0.05) is 24.4 Å². The van der Waals surface area contributed by atoms with Crippen molar-refractivity contribution >= 4 is 29.6 Å². The summed E-state index contributed by atoms with van der Waals surface area (Å²) < 4.78 is 17.1. The van der Waals surface area contributed by atoms with Crippen LogP contribution in [-0.4, -0.2) is 81.9 Å². The van der Waals surface area contributed by atoms with Crippen molar-refractivity contribution in [3.8, 4) is 11.5 Å². The molecule has 0 fully saturated rings. The lowest BCUT2D eigenvalue weighted by Crippen LogP contribution is -2.70. The van der Waals surface area contributed by atoms with Crippen LogP contribution in [0.5, 0.6) is 11.5 Å². The first-order valence-corrected chi connectivity index (χ1v) is 14.3. The maximum absolute atomic E-state index is 13.2. The molecule has 0 radical (unpaired) electrons. The molecule has 234 valence electrons. The van der Waals surface area contributed by atoms with Crippen molar-refractivity contribution in [3.63, 3.8) is 0 Å². The van der Waals surface area contributed by atoms with Gasteiger partial charge in [0.25, 0.3) is 5.91 Å².